The lowest BCUT2D eigenvalue weighted by Gasteiger charge is -2.13. The molecule has 36 heavy (non-hydrogen) atoms. The Labute approximate surface area is 215 Å². The lowest BCUT2D eigenvalue weighted by Crippen LogP contribution is -2.23. The molecule has 2 amide bonds. The van der Waals surface area contributed by atoms with E-state index in [0.29, 0.717) is 19.8 Å². The Morgan fingerprint density at radius 1 is 0.917 bits per heavy atom. The number of carbonyl (C=O) groups excluding carboxylic acids is 2. The van der Waals surface area contributed by atoms with E-state index < -0.39 is 0 Å². The number of hydrogen-bond donors (Lipinski definition) is 2. The van der Waals surface area contributed by atoms with E-state index in [-0.39, 0.29) is 17.9 Å². The van der Waals surface area contributed by atoms with Crippen LogP contribution in [-0.4, -0.2) is 31.6 Å². The van der Waals surface area contributed by atoms with Gasteiger partial charge in [-0.3, -0.25) is 9.59 Å². The molecule has 188 valence electrons. The molecule has 1 atom stereocenters. The fraction of sp³-hybridized carbons (Fsp3) is 0.310. The molecular weight excluding hydrogens is 472 g/mol. The van der Waals surface area contributed by atoms with Crippen LogP contribution in [0, 0.1) is 0 Å². The van der Waals surface area contributed by atoms with Gasteiger partial charge in [0.05, 0.1) is 19.3 Å². The average molecular weight is 505 g/mol. The van der Waals surface area contributed by atoms with E-state index in [2.05, 4.69) is 46.3 Å². The first-order chi connectivity index (χ1) is 17.4. The molecule has 1 heterocycles. The van der Waals surface area contributed by atoms with Gasteiger partial charge in [-0.2, -0.15) is 0 Å². The van der Waals surface area contributed by atoms with Gasteiger partial charge in [-0.05, 0) is 71.0 Å². The van der Waals surface area contributed by atoms with E-state index in [0.717, 1.165) is 46.1 Å². The van der Waals surface area contributed by atoms with Crippen LogP contribution >= 0.6 is 11.3 Å². The molecular formula is C29H32N2O4S. The van der Waals surface area contributed by atoms with Crippen molar-refractivity contribution in [2.75, 3.05) is 19.8 Å². The van der Waals surface area contributed by atoms with Gasteiger partial charge in [-0.1, -0.05) is 24.3 Å². The first-order valence-corrected chi connectivity index (χ1v) is 13.1. The van der Waals surface area contributed by atoms with E-state index in [4.69, 9.17) is 9.47 Å². The maximum atomic E-state index is 11.4. The molecule has 4 rings (SSSR count). The Hall–Kier alpha value is -3.58. The minimum Gasteiger partial charge on any atom is -0.493 e. The predicted molar refractivity (Wildman–Crippen MR) is 146 cm³/mol. The highest BCUT2D eigenvalue weighted by molar-refractivity contribution is 7.17. The number of thiophene rings is 1. The van der Waals surface area contributed by atoms with Crippen LogP contribution in [0.5, 0.6) is 11.5 Å². The molecule has 0 aliphatic rings. The van der Waals surface area contributed by atoms with Gasteiger partial charge < -0.3 is 20.1 Å². The highest BCUT2D eigenvalue weighted by Crippen LogP contribution is 2.33. The van der Waals surface area contributed by atoms with E-state index in [1.807, 2.05) is 31.2 Å². The zero-order valence-electron chi connectivity index (χ0n) is 20.9. The van der Waals surface area contributed by atoms with Crippen LogP contribution in [0.15, 0.2) is 60.0 Å². The number of carbonyl (C=O) groups is 2. The molecule has 7 heteroatoms. The van der Waals surface area contributed by atoms with Crippen molar-refractivity contribution in [3.63, 3.8) is 0 Å². The van der Waals surface area contributed by atoms with Crippen molar-refractivity contribution in [1.82, 2.24) is 10.6 Å². The molecule has 0 aliphatic heterocycles. The van der Waals surface area contributed by atoms with E-state index in [9.17, 15) is 9.59 Å². The Kier molecular flexibility index (Phi) is 8.44. The van der Waals surface area contributed by atoms with Crippen LogP contribution in [0.3, 0.4) is 0 Å². The summed E-state index contributed by atoms with van der Waals surface area (Å²) >= 11 is 1.67. The number of hydrogen-bond acceptors (Lipinski definition) is 5. The topological polar surface area (TPSA) is 76.7 Å². The van der Waals surface area contributed by atoms with Gasteiger partial charge in [0.25, 0.3) is 0 Å². The number of amides is 2. The summed E-state index contributed by atoms with van der Waals surface area (Å²) in [5.41, 5.74) is 2.29. The molecule has 0 saturated heterocycles. The van der Waals surface area contributed by atoms with Crippen LogP contribution in [0.25, 0.3) is 20.9 Å². The van der Waals surface area contributed by atoms with Gasteiger partial charge in [0.1, 0.15) is 11.5 Å². The standard InChI is InChI=1S/C29H32N2O4S/c1-19(31-21(3)33)28-18-36-29-11-10-25(17-27(28)29)35-15-5-14-34-24-9-8-22-6-4-7-23(26(22)16-24)12-13-30-20(2)32/h4,6-11,16-19H,5,12-15H2,1-3H3,(H,30,32)(H,31,33). The summed E-state index contributed by atoms with van der Waals surface area (Å²) in [4.78, 5) is 22.6. The molecule has 3 aromatic carbocycles. The largest absolute Gasteiger partial charge is 0.493 e. The fourth-order valence-corrected chi connectivity index (χ4v) is 5.31. The second kappa shape index (κ2) is 11.9. The number of fused-ring (bicyclic) bond motifs is 2. The normalized spacial score (nSPS) is 11.9. The van der Waals surface area contributed by atoms with Crippen molar-refractivity contribution in [3.05, 3.63) is 71.1 Å². The van der Waals surface area contributed by atoms with Crippen molar-refractivity contribution in [2.24, 2.45) is 0 Å². The second-order valence-corrected chi connectivity index (χ2v) is 9.77. The van der Waals surface area contributed by atoms with E-state index in [1.165, 1.54) is 24.1 Å². The average Bonchev–Trinajstić information content (AvgIpc) is 3.27. The SMILES string of the molecule is CC(=O)NCCc1cccc2ccc(OCCCOc3ccc4scc(C(C)NC(C)=O)c4c3)cc12. The summed E-state index contributed by atoms with van der Waals surface area (Å²) in [7, 11) is 0. The molecule has 0 spiro atoms. The zero-order chi connectivity index (χ0) is 25.5. The number of benzene rings is 3. The highest BCUT2D eigenvalue weighted by Gasteiger charge is 2.13. The lowest BCUT2D eigenvalue weighted by atomic mass is 10.0. The Morgan fingerprint density at radius 2 is 1.64 bits per heavy atom. The predicted octanol–water partition coefficient (Wildman–Crippen LogP) is 5.78. The summed E-state index contributed by atoms with van der Waals surface area (Å²) in [6.45, 7) is 6.76. The third-order valence-electron chi connectivity index (χ3n) is 6.00. The van der Waals surface area contributed by atoms with Crippen molar-refractivity contribution in [3.8, 4) is 11.5 Å². The van der Waals surface area contributed by atoms with Gasteiger partial charge in [0.2, 0.25) is 11.8 Å². The summed E-state index contributed by atoms with van der Waals surface area (Å²) < 4.78 is 13.2. The van der Waals surface area contributed by atoms with Gasteiger partial charge in [0, 0.05) is 36.9 Å². The van der Waals surface area contributed by atoms with E-state index >= 15 is 0 Å². The number of rotatable bonds is 11. The summed E-state index contributed by atoms with van der Waals surface area (Å²) in [6, 6.07) is 18.4. The first-order valence-electron chi connectivity index (χ1n) is 12.2. The smallest absolute Gasteiger partial charge is 0.217 e. The van der Waals surface area contributed by atoms with Crippen molar-refractivity contribution in [1.29, 1.82) is 0 Å². The summed E-state index contributed by atoms with van der Waals surface area (Å²) in [5.74, 6) is 1.58. The molecule has 0 radical (unpaired) electrons. The maximum absolute atomic E-state index is 11.4. The van der Waals surface area contributed by atoms with Gasteiger partial charge in [-0.25, -0.2) is 0 Å². The number of nitrogens with one attached hydrogen (secondary N) is 2. The van der Waals surface area contributed by atoms with Gasteiger partial charge in [0.15, 0.2) is 0 Å². The fourth-order valence-electron chi connectivity index (χ4n) is 4.27. The Morgan fingerprint density at radius 3 is 2.36 bits per heavy atom. The molecule has 1 unspecified atom stereocenters. The van der Waals surface area contributed by atoms with Crippen LogP contribution in [0.1, 0.15) is 44.4 Å². The van der Waals surface area contributed by atoms with Crippen molar-refractivity contribution >= 4 is 44.0 Å². The molecule has 0 bridgehead atoms. The van der Waals surface area contributed by atoms with E-state index in [1.54, 1.807) is 11.3 Å². The molecule has 0 saturated carbocycles. The molecule has 0 aliphatic carbocycles. The van der Waals surface area contributed by atoms with Crippen molar-refractivity contribution < 1.29 is 19.1 Å². The molecule has 0 fully saturated rings. The van der Waals surface area contributed by atoms with Gasteiger partial charge in [-0.15, -0.1) is 11.3 Å². The summed E-state index contributed by atoms with van der Waals surface area (Å²) in [6.07, 6.45) is 1.52. The minimum atomic E-state index is -0.0484. The molecule has 1 aromatic heterocycles. The minimum absolute atomic E-state index is 0.0169. The summed E-state index contributed by atoms with van der Waals surface area (Å²) in [5, 5.41) is 11.3. The first kappa shape index (κ1) is 25.5. The van der Waals surface area contributed by atoms with Gasteiger partial charge >= 0.3 is 0 Å². The third-order valence-corrected chi connectivity index (χ3v) is 6.98. The quantitative estimate of drug-likeness (QED) is 0.254. The van der Waals surface area contributed by atoms with Crippen LogP contribution in [0.2, 0.25) is 0 Å². The Bertz CT molecular complexity index is 1360. The number of ether oxygens (including phenoxy) is 2. The third kappa shape index (κ3) is 6.55. The maximum Gasteiger partial charge on any atom is 0.217 e. The Balaban J connectivity index is 1.31. The highest BCUT2D eigenvalue weighted by atomic mass is 32.1. The molecule has 6 nitrogen and oxygen atoms in total. The van der Waals surface area contributed by atoms with Crippen LogP contribution < -0.4 is 20.1 Å². The monoisotopic (exact) mass is 504 g/mol. The van der Waals surface area contributed by atoms with Crippen LogP contribution in [0.4, 0.5) is 0 Å². The lowest BCUT2D eigenvalue weighted by molar-refractivity contribution is -0.120. The van der Waals surface area contributed by atoms with Crippen molar-refractivity contribution in [2.45, 2.75) is 39.7 Å². The molecule has 2 N–H and O–H groups in total. The zero-order valence-corrected chi connectivity index (χ0v) is 21.7. The van der Waals surface area contributed by atoms with Crippen LogP contribution in [-0.2, 0) is 16.0 Å². The molecule has 4 aromatic rings. The second-order valence-electron chi connectivity index (χ2n) is 8.85.